The van der Waals surface area contributed by atoms with Crippen LogP contribution in [0.15, 0.2) is 36.4 Å². The number of hydrogen-bond acceptors (Lipinski definition) is 2. The molecule has 0 aliphatic carbocycles. The Morgan fingerprint density at radius 1 is 0.900 bits per heavy atom. The van der Waals surface area contributed by atoms with Crippen LogP contribution in [-0.4, -0.2) is 13.2 Å². The lowest BCUT2D eigenvalue weighted by molar-refractivity contribution is 0.328. The summed E-state index contributed by atoms with van der Waals surface area (Å²) in [5, 5.41) is 3.42. The summed E-state index contributed by atoms with van der Waals surface area (Å²) in [4.78, 5) is 0. The Labute approximate surface area is 121 Å². The van der Waals surface area contributed by atoms with E-state index in [0.29, 0.717) is 6.61 Å². The summed E-state index contributed by atoms with van der Waals surface area (Å²) in [6.45, 7) is 9.87. The number of ether oxygens (including phenoxy) is 1. The van der Waals surface area contributed by atoms with Gasteiger partial charge in [-0.05, 0) is 50.5 Å². The van der Waals surface area contributed by atoms with Gasteiger partial charge in [0.25, 0.3) is 0 Å². The van der Waals surface area contributed by atoms with Crippen LogP contribution in [0, 0.1) is 27.7 Å². The maximum atomic E-state index is 5.89. The first-order chi connectivity index (χ1) is 9.58. The molecule has 0 saturated carbocycles. The number of anilines is 1. The lowest BCUT2D eigenvalue weighted by atomic mass is 10.1. The van der Waals surface area contributed by atoms with Gasteiger partial charge in [-0.25, -0.2) is 0 Å². The monoisotopic (exact) mass is 269 g/mol. The number of rotatable bonds is 5. The molecule has 0 unspecified atom stereocenters. The molecule has 0 fully saturated rings. The van der Waals surface area contributed by atoms with Crippen LogP contribution in [0.4, 0.5) is 5.69 Å². The van der Waals surface area contributed by atoms with Gasteiger partial charge in [-0.1, -0.05) is 35.9 Å². The number of para-hydroxylation sites is 1. The van der Waals surface area contributed by atoms with Crippen molar-refractivity contribution in [1.29, 1.82) is 0 Å². The zero-order chi connectivity index (χ0) is 14.5. The molecule has 20 heavy (non-hydrogen) atoms. The topological polar surface area (TPSA) is 21.3 Å². The normalized spacial score (nSPS) is 10.4. The second-order valence-electron chi connectivity index (χ2n) is 5.31. The van der Waals surface area contributed by atoms with Crippen LogP contribution >= 0.6 is 0 Å². The molecule has 0 spiro atoms. The molecule has 2 aromatic rings. The first-order valence-corrected chi connectivity index (χ1v) is 7.08. The van der Waals surface area contributed by atoms with E-state index >= 15 is 0 Å². The van der Waals surface area contributed by atoms with Crippen molar-refractivity contribution in [3.05, 3.63) is 58.7 Å². The van der Waals surface area contributed by atoms with Crippen LogP contribution in [-0.2, 0) is 0 Å². The Morgan fingerprint density at radius 3 is 2.25 bits per heavy atom. The fraction of sp³-hybridized carbons (Fsp3) is 0.333. The molecular formula is C18H23NO. The van der Waals surface area contributed by atoms with E-state index in [9.17, 15) is 0 Å². The highest BCUT2D eigenvalue weighted by Crippen LogP contribution is 2.22. The van der Waals surface area contributed by atoms with Crippen molar-refractivity contribution in [2.75, 3.05) is 18.5 Å². The van der Waals surface area contributed by atoms with E-state index in [1.54, 1.807) is 0 Å². The van der Waals surface area contributed by atoms with Crippen molar-refractivity contribution >= 4 is 5.69 Å². The smallest absolute Gasteiger partial charge is 0.125 e. The highest BCUT2D eigenvalue weighted by atomic mass is 16.5. The predicted octanol–water partition coefficient (Wildman–Crippen LogP) is 4.41. The third kappa shape index (κ3) is 3.53. The Balaban J connectivity index is 1.88. The standard InChI is InChI=1S/C18H23NO/c1-13-8-9-17(16(4)12-13)19-10-11-20-18-14(2)6-5-7-15(18)3/h5-9,12,19H,10-11H2,1-4H3. The van der Waals surface area contributed by atoms with Gasteiger partial charge >= 0.3 is 0 Å². The lowest BCUT2D eigenvalue weighted by Gasteiger charge is -2.14. The van der Waals surface area contributed by atoms with Crippen LogP contribution in [0.1, 0.15) is 22.3 Å². The molecule has 0 heterocycles. The van der Waals surface area contributed by atoms with Gasteiger partial charge in [-0.3, -0.25) is 0 Å². The molecule has 0 bridgehead atoms. The van der Waals surface area contributed by atoms with Crippen molar-refractivity contribution in [2.45, 2.75) is 27.7 Å². The fourth-order valence-corrected chi connectivity index (χ4v) is 2.38. The van der Waals surface area contributed by atoms with Crippen molar-refractivity contribution in [3.8, 4) is 5.75 Å². The highest BCUT2D eigenvalue weighted by molar-refractivity contribution is 5.51. The minimum Gasteiger partial charge on any atom is -0.491 e. The summed E-state index contributed by atoms with van der Waals surface area (Å²) < 4.78 is 5.89. The van der Waals surface area contributed by atoms with E-state index in [4.69, 9.17) is 4.74 Å². The molecule has 1 N–H and O–H groups in total. The van der Waals surface area contributed by atoms with E-state index in [1.807, 2.05) is 0 Å². The molecule has 2 heteroatoms. The molecule has 2 nitrogen and oxygen atoms in total. The van der Waals surface area contributed by atoms with Gasteiger partial charge in [0, 0.05) is 12.2 Å². The van der Waals surface area contributed by atoms with Gasteiger partial charge < -0.3 is 10.1 Å². The van der Waals surface area contributed by atoms with Gasteiger partial charge in [0.1, 0.15) is 12.4 Å². The first-order valence-electron chi connectivity index (χ1n) is 7.08. The van der Waals surface area contributed by atoms with Crippen LogP contribution in [0.3, 0.4) is 0 Å². The van der Waals surface area contributed by atoms with Crippen molar-refractivity contribution in [2.24, 2.45) is 0 Å². The highest BCUT2D eigenvalue weighted by Gasteiger charge is 2.03. The SMILES string of the molecule is Cc1ccc(NCCOc2c(C)cccc2C)c(C)c1. The Morgan fingerprint density at radius 2 is 1.60 bits per heavy atom. The zero-order valence-corrected chi connectivity index (χ0v) is 12.8. The summed E-state index contributed by atoms with van der Waals surface area (Å²) in [6, 6.07) is 12.7. The minimum absolute atomic E-state index is 0.666. The average molecular weight is 269 g/mol. The quantitative estimate of drug-likeness (QED) is 0.812. The zero-order valence-electron chi connectivity index (χ0n) is 12.8. The third-order valence-corrected chi connectivity index (χ3v) is 3.45. The summed E-state index contributed by atoms with van der Waals surface area (Å²) in [5.41, 5.74) is 6.13. The van der Waals surface area contributed by atoms with Gasteiger partial charge in [-0.15, -0.1) is 0 Å². The van der Waals surface area contributed by atoms with Crippen molar-refractivity contribution in [3.63, 3.8) is 0 Å². The number of benzene rings is 2. The van der Waals surface area contributed by atoms with E-state index in [1.165, 1.54) is 27.9 Å². The van der Waals surface area contributed by atoms with Crippen molar-refractivity contribution in [1.82, 2.24) is 0 Å². The first kappa shape index (κ1) is 14.4. The van der Waals surface area contributed by atoms with E-state index in [0.717, 1.165) is 12.3 Å². The summed E-state index contributed by atoms with van der Waals surface area (Å²) >= 11 is 0. The fourth-order valence-electron chi connectivity index (χ4n) is 2.38. The molecule has 0 aromatic heterocycles. The van der Waals surface area contributed by atoms with Gasteiger partial charge in [0.05, 0.1) is 0 Å². The number of aryl methyl sites for hydroxylation is 4. The molecule has 0 atom stereocenters. The second-order valence-corrected chi connectivity index (χ2v) is 5.31. The largest absolute Gasteiger partial charge is 0.491 e. The molecule has 2 aromatic carbocycles. The van der Waals surface area contributed by atoms with Gasteiger partial charge in [-0.2, -0.15) is 0 Å². The Bertz CT molecular complexity index is 570. The molecule has 0 aliphatic heterocycles. The summed E-state index contributed by atoms with van der Waals surface area (Å²) in [6.07, 6.45) is 0. The van der Waals surface area contributed by atoms with Gasteiger partial charge in [0.2, 0.25) is 0 Å². The minimum atomic E-state index is 0.666. The average Bonchev–Trinajstić information content (AvgIpc) is 2.39. The molecule has 0 amide bonds. The maximum Gasteiger partial charge on any atom is 0.125 e. The van der Waals surface area contributed by atoms with E-state index < -0.39 is 0 Å². The molecule has 0 aliphatic rings. The molecule has 2 rings (SSSR count). The predicted molar refractivity (Wildman–Crippen MR) is 85.8 cm³/mol. The molecule has 0 radical (unpaired) electrons. The third-order valence-electron chi connectivity index (χ3n) is 3.45. The van der Waals surface area contributed by atoms with Crippen LogP contribution < -0.4 is 10.1 Å². The number of nitrogens with one attached hydrogen (secondary N) is 1. The molecular weight excluding hydrogens is 246 g/mol. The van der Waals surface area contributed by atoms with E-state index in [2.05, 4.69) is 69.4 Å². The van der Waals surface area contributed by atoms with Crippen molar-refractivity contribution < 1.29 is 4.74 Å². The summed E-state index contributed by atoms with van der Waals surface area (Å²) in [5.74, 6) is 1.01. The van der Waals surface area contributed by atoms with Crippen LogP contribution in [0.5, 0.6) is 5.75 Å². The van der Waals surface area contributed by atoms with Crippen LogP contribution in [0.25, 0.3) is 0 Å². The Hall–Kier alpha value is -1.96. The van der Waals surface area contributed by atoms with Gasteiger partial charge in [0.15, 0.2) is 0 Å². The van der Waals surface area contributed by atoms with E-state index in [-0.39, 0.29) is 0 Å². The maximum absolute atomic E-state index is 5.89. The summed E-state index contributed by atoms with van der Waals surface area (Å²) in [7, 11) is 0. The Kier molecular flexibility index (Phi) is 4.67. The molecule has 0 saturated heterocycles. The second kappa shape index (κ2) is 6.47. The molecule has 106 valence electrons. The van der Waals surface area contributed by atoms with Crippen LogP contribution in [0.2, 0.25) is 0 Å². The lowest BCUT2D eigenvalue weighted by Crippen LogP contribution is -2.13. The number of hydrogen-bond donors (Lipinski definition) is 1.